The highest BCUT2D eigenvalue weighted by Crippen LogP contribution is 2.29. The molecule has 0 bridgehead atoms. The maximum absolute atomic E-state index is 5.75. The van der Waals surface area contributed by atoms with Gasteiger partial charge in [0.15, 0.2) is 0 Å². The van der Waals surface area contributed by atoms with Gasteiger partial charge < -0.3 is 10.5 Å². The molecule has 1 aromatic carbocycles. The first-order chi connectivity index (χ1) is 9.61. The Kier molecular flexibility index (Phi) is 5.40. The Labute approximate surface area is 122 Å². The molecular formula is C16H27N3O. The van der Waals surface area contributed by atoms with Gasteiger partial charge in [0, 0.05) is 12.6 Å². The third kappa shape index (κ3) is 3.72. The average Bonchev–Trinajstić information content (AvgIpc) is 2.80. The van der Waals surface area contributed by atoms with E-state index in [9.17, 15) is 0 Å². The molecule has 4 heteroatoms. The topological polar surface area (TPSA) is 59.3 Å². The van der Waals surface area contributed by atoms with Gasteiger partial charge in [-0.15, -0.1) is 0 Å². The van der Waals surface area contributed by atoms with E-state index in [2.05, 4.69) is 55.9 Å². The molecule has 1 heterocycles. The van der Waals surface area contributed by atoms with Gasteiger partial charge in [0.2, 0.25) is 0 Å². The molecular weight excluding hydrogens is 250 g/mol. The van der Waals surface area contributed by atoms with Crippen molar-refractivity contribution in [3.63, 3.8) is 0 Å². The summed E-state index contributed by atoms with van der Waals surface area (Å²) in [5.74, 6) is 2.10. The molecule has 20 heavy (non-hydrogen) atoms. The summed E-state index contributed by atoms with van der Waals surface area (Å²) >= 11 is 0. The second kappa shape index (κ2) is 7.07. The normalized spacial score (nSPS) is 26.1. The zero-order valence-electron chi connectivity index (χ0n) is 12.7. The maximum Gasteiger partial charge on any atom is 0.119 e. The molecule has 1 fully saturated rings. The third-order valence-electron chi connectivity index (χ3n) is 4.04. The van der Waals surface area contributed by atoms with Gasteiger partial charge in [-0.1, -0.05) is 32.9 Å². The number of nitrogens with two attached hydrogens (primary N) is 1. The van der Waals surface area contributed by atoms with Crippen molar-refractivity contribution < 1.29 is 4.74 Å². The second-order valence-electron chi connectivity index (χ2n) is 6.07. The number of rotatable bonds is 6. The van der Waals surface area contributed by atoms with Crippen molar-refractivity contribution in [3.05, 3.63) is 29.8 Å². The van der Waals surface area contributed by atoms with Crippen LogP contribution in [-0.2, 0) is 0 Å². The predicted molar refractivity (Wildman–Crippen MR) is 82.4 cm³/mol. The van der Waals surface area contributed by atoms with E-state index in [1.165, 1.54) is 5.56 Å². The molecule has 1 aromatic rings. The van der Waals surface area contributed by atoms with Crippen molar-refractivity contribution in [3.8, 4) is 5.75 Å². The minimum absolute atomic E-state index is 0.313. The average molecular weight is 277 g/mol. The molecule has 4 nitrogen and oxygen atoms in total. The monoisotopic (exact) mass is 277 g/mol. The summed E-state index contributed by atoms with van der Waals surface area (Å²) in [5.41, 5.74) is 13.6. The van der Waals surface area contributed by atoms with E-state index >= 15 is 0 Å². The molecule has 2 rings (SSSR count). The van der Waals surface area contributed by atoms with E-state index in [0.29, 0.717) is 30.5 Å². The molecule has 3 unspecified atom stereocenters. The summed E-state index contributed by atoms with van der Waals surface area (Å²) in [4.78, 5) is 0. The van der Waals surface area contributed by atoms with E-state index in [1.54, 1.807) is 0 Å². The van der Waals surface area contributed by atoms with Crippen LogP contribution in [-0.4, -0.2) is 19.2 Å². The highest BCUT2D eigenvalue weighted by Gasteiger charge is 2.32. The first kappa shape index (κ1) is 15.3. The van der Waals surface area contributed by atoms with Gasteiger partial charge in [-0.05, 0) is 36.0 Å². The first-order valence-corrected chi connectivity index (χ1v) is 7.55. The zero-order valence-corrected chi connectivity index (χ0v) is 12.7. The standard InChI is InChI=1S/C16H27N3O/c1-11(2)8-9-20-14-6-4-13(5-7-14)16-12(3)15(10-17)18-19-16/h4-7,11-12,15-16,18-19H,8-10,17H2,1-3H3. The lowest BCUT2D eigenvalue weighted by molar-refractivity contribution is 0.289. The number of hydrazine groups is 1. The molecule has 0 amide bonds. The van der Waals surface area contributed by atoms with Crippen LogP contribution >= 0.6 is 0 Å². The van der Waals surface area contributed by atoms with E-state index in [1.807, 2.05) is 0 Å². The number of hydrogen-bond acceptors (Lipinski definition) is 4. The molecule has 0 aromatic heterocycles. The lowest BCUT2D eigenvalue weighted by atomic mass is 9.91. The molecule has 1 saturated heterocycles. The summed E-state index contributed by atoms with van der Waals surface area (Å²) in [6, 6.07) is 9.04. The summed E-state index contributed by atoms with van der Waals surface area (Å²) in [7, 11) is 0. The summed E-state index contributed by atoms with van der Waals surface area (Å²) in [6.45, 7) is 8.08. The number of ether oxygens (including phenoxy) is 1. The van der Waals surface area contributed by atoms with E-state index in [0.717, 1.165) is 18.8 Å². The van der Waals surface area contributed by atoms with Crippen molar-refractivity contribution in [1.29, 1.82) is 0 Å². The van der Waals surface area contributed by atoms with Crippen LogP contribution in [0.2, 0.25) is 0 Å². The molecule has 0 saturated carbocycles. The molecule has 112 valence electrons. The van der Waals surface area contributed by atoms with Crippen LogP contribution < -0.4 is 21.3 Å². The van der Waals surface area contributed by atoms with Crippen LogP contribution in [0.3, 0.4) is 0 Å². The Morgan fingerprint density at radius 3 is 2.45 bits per heavy atom. The Morgan fingerprint density at radius 1 is 1.20 bits per heavy atom. The fraction of sp³-hybridized carbons (Fsp3) is 0.625. The van der Waals surface area contributed by atoms with Crippen molar-refractivity contribution in [1.82, 2.24) is 10.9 Å². The largest absolute Gasteiger partial charge is 0.494 e. The van der Waals surface area contributed by atoms with Crippen LogP contribution in [0.4, 0.5) is 0 Å². The summed E-state index contributed by atoms with van der Waals surface area (Å²) < 4.78 is 5.75. The molecule has 1 aliphatic heterocycles. The minimum Gasteiger partial charge on any atom is -0.494 e. The minimum atomic E-state index is 0.313. The Hall–Kier alpha value is -1.10. The van der Waals surface area contributed by atoms with E-state index in [4.69, 9.17) is 10.5 Å². The number of hydrogen-bond donors (Lipinski definition) is 3. The molecule has 0 radical (unpaired) electrons. The van der Waals surface area contributed by atoms with Gasteiger partial charge in [0.25, 0.3) is 0 Å². The Bertz CT molecular complexity index is 405. The second-order valence-corrected chi connectivity index (χ2v) is 6.07. The van der Waals surface area contributed by atoms with Crippen LogP contribution in [0.1, 0.15) is 38.8 Å². The maximum atomic E-state index is 5.75. The van der Waals surface area contributed by atoms with Crippen molar-refractivity contribution >= 4 is 0 Å². The lowest BCUT2D eigenvalue weighted by Crippen LogP contribution is -2.37. The van der Waals surface area contributed by atoms with E-state index < -0.39 is 0 Å². The summed E-state index contributed by atoms with van der Waals surface area (Å²) in [5, 5.41) is 0. The van der Waals surface area contributed by atoms with Crippen LogP contribution in [0.5, 0.6) is 5.75 Å². The van der Waals surface area contributed by atoms with Crippen molar-refractivity contribution in [2.45, 2.75) is 39.3 Å². The first-order valence-electron chi connectivity index (χ1n) is 7.55. The molecule has 3 atom stereocenters. The van der Waals surface area contributed by atoms with Crippen LogP contribution in [0, 0.1) is 11.8 Å². The number of benzene rings is 1. The Balaban J connectivity index is 1.91. The van der Waals surface area contributed by atoms with E-state index in [-0.39, 0.29) is 0 Å². The zero-order chi connectivity index (χ0) is 14.5. The van der Waals surface area contributed by atoms with Gasteiger partial charge in [0.1, 0.15) is 5.75 Å². The van der Waals surface area contributed by atoms with Gasteiger partial charge in [-0.25, -0.2) is 5.43 Å². The lowest BCUT2D eigenvalue weighted by Gasteiger charge is -2.18. The van der Waals surface area contributed by atoms with Crippen LogP contribution in [0.15, 0.2) is 24.3 Å². The molecule has 4 N–H and O–H groups in total. The Morgan fingerprint density at radius 2 is 1.90 bits per heavy atom. The quantitative estimate of drug-likeness (QED) is 0.746. The predicted octanol–water partition coefficient (Wildman–Crippen LogP) is 2.22. The van der Waals surface area contributed by atoms with Gasteiger partial charge in [0.05, 0.1) is 12.6 Å². The highest BCUT2D eigenvalue weighted by atomic mass is 16.5. The summed E-state index contributed by atoms with van der Waals surface area (Å²) in [6.07, 6.45) is 1.09. The highest BCUT2D eigenvalue weighted by molar-refractivity contribution is 5.30. The third-order valence-corrected chi connectivity index (χ3v) is 4.04. The van der Waals surface area contributed by atoms with Crippen molar-refractivity contribution in [2.75, 3.05) is 13.2 Å². The SMILES string of the molecule is CC(C)CCOc1ccc(C2NNC(CN)C2C)cc1. The smallest absolute Gasteiger partial charge is 0.119 e. The van der Waals surface area contributed by atoms with Gasteiger partial charge in [-0.2, -0.15) is 0 Å². The van der Waals surface area contributed by atoms with Gasteiger partial charge >= 0.3 is 0 Å². The number of nitrogens with one attached hydrogen (secondary N) is 2. The fourth-order valence-electron chi connectivity index (χ4n) is 2.54. The molecule has 1 aliphatic rings. The molecule has 0 spiro atoms. The molecule has 0 aliphatic carbocycles. The fourth-order valence-corrected chi connectivity index (χ4v) is 2.54. The van der Waals surface area contributed by atoms with Gasteiger partial charge in [-0.3, -0.25) is 5.43 Å². The van der Waals surface area contributed by atoms with Crippen LogP contribution in [0.25, 0.3) is 0 Å². The van der Waals surface area contributed by atoms with Crippen molar-refractivity contribution in [2.24, 2.45) is 17.6 Å².